The van der Waals surface area contributed by atoms with Crippen molar-refractivity contribution in [3.63, 3.8) is 0 Å². The second-order valence-electron chi connectivity index (χ2n) is 11.3. The Kier molecular flexibility index (Phi) is 16.2. The van der Waals surface area contributed by atoms with E-state index in [2.05, 4.69) is 24.5 Å². The largest absolute Gasteiger partial charge is 0.444 e. The molecule has 2 atom stereocenters. The first-order valence-corrected chi connectivity index (χ1v) is 16.0. The smallest absolute Gasteiger partial charge is 0.408 e. The highest BCUT2D eigenvalue weighted by Crippen LogP contribution is 2.28. The van der Waals surface area contributed by atoms with Crippen LogP contribution in [-0.2, 0) is 14.3 Å². The molecule has 0 aliphatic rings. The van der Waals surface area contributed by atoms with Gasteiger partial charge in [-0.25, -0.2) is 4.79 Å². The van der Waals surface area contributed by atoms with Crippen molar-refractivity contribution in [2.75, 3.05) is 25.1 Å². The van der Waals surface area contributed by atoms with Crippen LogP contribution in [0.2, 0.25) is 0 Å². The third kappa shape index (κ3) is 13.1. The van der Waals surface area contributed by atoms with Gasteiger partial charge in [-0.1, -0.05) is 69.7 Å². The van der Waals surface area contributed by atoms with Crippen LogP contribution in [-0.4, -0.2) is 59.5 Å². The summed E-state index contributed by atoms with van der Waals surface area (Å²) in [6.07, 6.45) is 8.75. The number of nitrogens with one attached hydrogen (secondary N) is 2. The fraction of sp³-hybridized carbons (Fsp3) is 0.710. The molecule has 3 amide bonds. The van der Waals surface area contributed by atoms with E-state index < -0.39 is 23.8 Å². The van der Waals surface area contributed by atoms with Crippen LogP contribution in [0.3, 0.4) is 0 Å². The SMILES string of the molecule is CCCCCCCN(C(=O)C(CCSC)NC(=O)OC(C)(C)C)C(C(=O)NCCCC)c1cc(C)ccc1C. The second-order valence-corrected chi connectivity index (χ2v) is 12.3. The van der Waals surface area contributed by atoms with Crippen LogP contribution in [0.5, 0.6) is 0 Å². The number of alkyl carbamates (subject to hydrolysis) is 1. The molecule has 7 nitrogen and oxygen atoms in total. The molecular weight excluding hydrogens is 510 g/mol. The van der Waals surface area contributed by atoms with Crippen LogP contribution in [0.4, 0.5) is 4.79 Å². The molecule has 0 fully saturated rings. The molecule has 1 rings (SSSR count). The Bertz CT molecular complexity index is 900. The highest BCUT2D eigenvalue weighted by atomic mass is 32.2. The summed E-state index contributed by atoms with van der Waals surface area (Å²) in [5.41, 5.74) is 2.13. The van der Waals surface area contributed by atoms with Crippen molar-refractivity contribution >= 4 is 29.7 Å². The molecule has 2 unspecified atom stereocenters. The molecule has 222 valence electrons. The average Bonchev–Trinajstić information content (AvgIpc) is 2.86. The van der Waals surface area contributed by atoms with E-state index in [4.69, 9.17) is 4.74 Å². The van der Waals surface area contributed by atoms with Crippen LogP contribution < -0.4 is 10.6 Å². The Morgan fingerprint density at radius 2 is 1.67 bits per heavy atom. The number of unbranched alkanes of at least 4 members (excludes halogenated alkanes) is 5. The third-order valence-corrected chi connectivity index (χ3v) is 7.15. The predicted molar refractivity (Wildman–Crippen MR) is 163 cm³/mol. The zero-order valence-electron chi connectivity index (χ0n) is 25.7. The van der Waals surface area contributed by atoms with Crippen LogP contribution in [0.15, 0.2) is 18.2 Å². The van der Waals surface area contributed by atoms with E-state index in [1.54, 1.807) is 37.4 Å². The van der Waals surface area contributed by atoms with E-state index in [0.29, 0.717) is 25.3 Å². The first-order valence-electron chi connectivity index (χ1n) is 14.6. The maximum absolute atomic E-state index is 14.3. The van der Waals surface area contributed by atoms with Gasteiger partial charge in [0.25, 0.3) is 0 Å². The zero-order chi connectivity index (χ0) is 29.4. The molecule has 39 heavy (non-hydrogen) atoms. The number of aryl methyl sites for hydroxylation is 2. The summed E-state index contributed by atoms with van der Waals surface area (Å²) in [6.45, 7) is 14.6. The van der Waals surface area contributed by atoms with Gasteiger partial charge >= 0.3 is 6.09 Å². The lowest BCUT2D eigenvalue weighted by atomic mass is 9.95. The van der Waals surface area contributed by atoms with Gasteiger partial charge < -0.3 is 20.3 Å². The Morgan fingerprint density at radius 1 is 1.00 bits per heavy atom. The molecule has 8 heteroatoms. The van der Waals surface area contributed by atoms with Crippen LogP contribution in [0.25, 0.3) is 0 Å². The maximum atomic E-state index is 14.3. The van der Waals surface area contributed by atoms with E-state index in [1.165, 1.54) is 0 Å². The highest BCUT2D eigenvalue weighted by molar-refractivity contribution is 7.98. The normalized spacial score (nSPS) is 12.9. The fourth-order valence-electron chi connectivity index (χ4n) is 4.39. The molecule has 0 saturated heterocycles. The molecule has 0 saturated carbocycles. The Morgan fingerprint density at radius 3 is 2.28 bits per heavy atom. The summed E-state index contributed by atoms with van der Waals surface area (Å²) >= 11 is 1.61. The van der Waals surface area contributed by atoms with Crippen LogP contribution in [0.1, 0.15) is 109 Å². The fourth-order valence-corrected chi connectivity index (χ4v) is 4.86. The van der Waals surface area contributed by atoms with Gasteiger partial charge in [0.15, 0.2) is 0 Å². The van der Waals surface area contributed by atoms with E-state index >= 15 is 0 Å². The number of carbonyl (C=O) groups is 3. The monoisotopic (exact) mass is 563 g/mol. The topological polar surface area (TPSA) is 87.7 Å². The molecule has 0 aliphatic heterocycles. The molecule has 2 N–H and O–H groups in total. The molecule has 0 aromatic heterocycles. The number of hydrogen-bond donors (Lipinski definition) is 2. The number of benzene rings is 1. The minimum atomic E-state index is -0.793. The average molecular weight is 564 g/mol. The molecule has 0 aliphatic carbocycles. The summed E-state index contributed by atoms with van der Waals surface area (Å²) in [5, 5.41) is 5.91. The van der Waals surface area contributed by atoms with Crippen molar-refractivity contribution in [2.24, 2.45) is 0 Å². The summed E-state index contributed by atoms with van der Waals surface area (Å²) in [7, 11) is 0. The van der Waals surface area contributed by atoms with Crippen molar-refractivity contribution in [1.82, 2.24) is 15.5 Å². The number of ether oxygens (including phenoxy) is 1. The summed E-state index contributed by atoms with van der Waals surface area (Å²) < 4.78 is 5.49. The molecule has 0 bridgehead atoms. The number of thioether (sulfide) groups is 1. The summed E-state index contributed by atoms with van der Waals surface area (Å²) in [4.78, 5) is 42.5. The molecular formula is C31H53N3O4S. The number of hydrogen-bond acceptors (Lipinski definition) is 5. The Hall–Kier alpha value is -2.22. The first-order chi connectivity index (χ1) is 18.4. The molecule has 0 heterocycles. The van der Waals surface area contributed by atoms with Crippen molar-refractivity contribution in [3.05, 3.63) is 34.9 Å². The van der Waals surface area contributed by atoms with E-state index in [1.807, 2.05) is 38.3 Å². The molecule has 1 aromatic rings. The summed E-state index contributed by atoms with van der Waals surface area (Å²) in [6, 6.07) is 4.46. The third-order valence-electron chi connectivity index (χ3n) is 6.50. The first kappa shape index (κ1) is 34.8. The van der Waals surface area contributed by atoms with E-state index in [-0.39, 0.29) is 11.8 Å². The number of carbonyl (C=O) groups excluding carboxylic acids is 3. The lowest BCUT2D eigenvalue weighted by Gasteiger charge is -2.35. The second kappa shape index (κ2) is 18.2. The number of nitrogens with zero attached hydrogens (tertiary/aromatic N) is 1. The van der Waals surface area contributed by atoms with Gasteiger partial charge in [-0.15, -0.1) is 0 Å². The number of amides is 3. The predicted octanol–water partition coefficient (Wildman–Crippen LogP) is 6.71. The maximum Gasteiger partial charge on any atom is 0.408 e. The van der Waals surface area contributed by atoms with Crippen molar-refractivity contribution in [3.8, 4) is 0 Å². The van der Waals surface area contributed by atoms with Gasteiger partial charge in [-0.05, 0) is 77.0 Å². The lowest BCUT2D eigenvalue weighted by Crippen LogP contribution is -2.53. The number of rotatable bonds is 17. The van der Waals surface area contributed by atoms with Gasteiger partial charge in [-0.3, -0.25) is 9.59 Å². The summed E-state index contributed by atoms with van der Waals surface area (Å²) in [5.74, 6) is 0.259. The molecule has 0 radical (unpaired) electrons. The van der Waals surface area contributed by atoms with Gasteiger partial charge in [0.1, 0.15) is 17.7 Å². The van der Waals surface area contributed by atoms with Gasteiger partial charge in [0, 0.05) is 13.1 Å². The van der Waals surface area contributed by atoms with Gasteiger partial charge in [0.2, 0.25) is 11.8 Å². The van der Waals surface area contributed by atoms with Crippen molar-refractivity contribution < 1.29 is 19.1 Å². The van der Waals surface area contributed by atoms with Crippen molar-refractivity contribution in [2.45, 2.75) is 118 Å². The van der Waals surface area contributed by atoms with Gasteiger partial charge in [0.05, 0.1) is 0 Å². The Balaban J connectivity index is 3.49. The van der Waals surface area contributed by atoms with E-state index in [0.717, 1.165) is 61.6 Å². The van der Waals surface area contributed by atoms with Crippen LogP contribution in [0, 0.1) is 13.8 Å². The van der Waals surface area contributed by atoms with Crippen LogP contribution >= 0.6 is 11.8 Å². The van der Waals surface area contributed by atoms with E-state index in [9.17, 15) is 14.4 Å². The Labute approximate surface area is 241 Å². The minimum Gasteiger partial charge on any atom is -0.444 e. The van der Waals surface area contributed by atoms with Gasteiger partial charge in [-0.2, -0.15) is 11.8 Å². The minimum absolute atomic E-state index is 0.181. The molecule has 0 spiro atoms. The highest BCUT2D eigenvalue weighted by Gasteiger charge is 2.36. The zero-order valence-corrected chi connectivity index (χ0v) is 26.5. The standard InChI is InChI=1S/C31H53N3O4S/c1-9-11-13-14-15-20-34(29(36)26(18-21-39-8)33-30(37)38-31(5,6)7)27(28(35)32-19-12-10-2)25-22-23(3)16-17-24(25)4/h16-17,22,26-27H,9-15,18-21H2,1-8H3,(H,32,35)(H,33,37). The lowest BCUT2D eigenvalue weighted by molar-refractivity contribution is -0.142. The quantitative estimate of drug-likeness (QED) is 0.206. The molecule has 1 aromatic carbocycles. The van der Waals surface area contributed by atoms with Crippen molar-refractivity contribution in [1.29, 1.82) is 0 Å².